The van der Waals surface area contributed by atoms with Gasteiger partial charge in [-0.25, -0.2) is 9.59 Å². The van der Waals surface area contributed by atoms with E-state index in [1.54, 1.807) is 0 Å². The Labute approximate surface area is 161 Å². The number of methoxy groups -OCH3 is 1. The molecule has 1 aromatic rings. The number of esters is 1. The maximum absolute atomic E-state index is 12.7. The number of rotatable bonds is 4. The van der Waals surface area contributed by atoms with Gasteiger partial charge in [-0.2, -0.15) is 0 Å². The second kappa shape index (κ2) is 8.13. The van der Waals surface area contributed by atoms with Gasteiger partial charge in [-0.15, -0.1) is 0 Å². The third kappa shape index (κ3) is 4.16. The maximum Gasteiger partial charge on any atom is 0.338 e. The van der Waals surface area contributed by atoms with Gasteiger partial charge in [0.2, 0.25) is 0 Å². The highest BCUT2D eigenvalue weighted by molar-refractivity contribution is 5.95. The van der Waals surface area contributed by atoms with Gasteiger partial charge in [0.25, 0.3) is 0 Å². The molecular formula is C21H29N3O3. The number of nitrogens with zero attached hydrogens (tertiary/aromatic N) is 1. The molecule has 3 rings (SSSR count). The zero-order chi connectivity index (χ0) is 19.6. The van der Waals surface area contributed by atoms with E-state index in [1.807, 2.05) is 32.0 Å². The molecule has 0 bridgehead atoms. The van der Waals surface area contributed by atoms with Crippen molar-refractivity contribution in [2.24, 2.45) is 0 Å². The molecule has 2 N–H and O–H groups in total. The first kappa shape index (κ1) is 19.4. The van der Waals surface area contributed by atoms with E-state index in [9.17, 15) is 9.59 Å². The minimum absolute atomic E-state index is 0.284. The van der Waals surface area contributed by atoms with E-state index in [-0.39, 0.29) is 6.03 Å². The molecule has 1 fully saturated rings. The lowest BCUT2D eigenvalue weighted by Gasteiger charge is -2.37. The van der Waals surface area contributed by atoms with Crippen molar-refractivity contribution >= 4 is 12.0 Å². The zero-order valence-corrected chi connectivity index (χ0v) is 16.6. The minimum Gasteiger partial charge on any atom is -0.466 e. The molecule has 2 aliphatic heterocycles. The van der Waals surface area contributed by atoms with Crippen molar-refractivity contribution < 1.29 is 14.3 Å². The normalized spacial score (nSPS) is 23.6. The highest BCUT2D eigenvalue weighted by Crippen LogP contribution is 2.31. The van der Waals surface area contributed by atoms with Gasteiger partial charge in [0, 0.05) is 18.3 Å². The average molecular weight is 371 g/mol. The molecule has 2 amide bonds. The average Bonchev–Trinajstić information content (AvgIpc) is 2.64. The molecule has 2 heterocycles. The van der Waals surface area contributed by atoms with Crippen LogP contribution in [0.25, 0.3) is 0 Å². The predicted molar refractivity (Wildman–Crippen MR) is 104 cm³/mol. The minimum atomic E-state index is -0.513. The summed E-state index contributed by atoms with van der Waals surface area (Å²) in [5.41, 5.74) is 4.17. The second-order valence-corrected chi connectivity index (χ2v) is 7.59. The lowest BCUT2D eigenvalue weighted by molar-refractivity contribution is -0.136. The fourth-order valence-electron chi connectivity index (χ4n) is 3.99. The van der Waals surface area contributed by atoms with E-state index < -0.39 is 12.0 Å². The first-order valence-electron chi connectivity index (χ1n) is 9.60. The van der Waals surface area contributed by atoms with Gasteiger partial charge in [0.05, 0.1) is 18.7 Å². The van der Waals surface area contributed by atoms with Crippen molar-refractivity contribution in [3.63, 3.8) is 0 Å². The van der Waals surface area contributed by atoms with Crippen LogP contribution < -0.4 is 10.6 Å². The summed E-state index contributed by atoms with van der Waals surface area (Å²) in [6.45, 7) is 7.70. The Hall–Kier alpha value is -2.34. The molecular weight excluding hydrogens is 342 g/mol. The number of hydrogen-bond donors (Lipinski definition) is 2. The Morgan fingerprint density at radius 1 is 1.30 bits per heavy atom. The SMILES string of the molecule is COC(=O)C1=C(CN2CCCCC2C)NC(=O)NC1c1cc(C)ccc1C. The van der Waals surface area contributed by atoms with Crippen LogP contribution in [-0.2, 0) is 9.53 Å². The summed E-state index contributed by atoms with van der Waals surface area (Å²) in [4.78, 5) is 27.4. The number of piperidine rings is 1. The predicted octanol–water partition coefficient (Wildman–Crippen LogP) is 2.96. The van der Waals surface area contributed by atoms with Crippen molar-refractivity contribution in [1.82, 2.24) is 15.5 Å². The molecule has 6 nitrogen and oxygen atoms in total. The Balaban J connectivity index is 2.04. The number of hydrogen-bond acceptors (Lipinski definition) is 4. The third-order valence-electron chi connectivity index (χ3n) is 5.61. The first-order chi connectivity index (χ1) is 12.9. The summed E-state index contributed by atoms with van der Waals surface area (Å²) in [5.74, 6) is -0.409. The molecule has 1 saturated heterocycles. The second-order valence-electron chi connectivity index (χ2n) is 7.59. The summed E-state index contributed by atoms with van der Waals surface area (Å²) in [5, 5.41) is 5.79. The molecule has 27 heavy (non-hydrogen) atoms. The summed E-state index contributed by atoms with van der Waals surface area (Å²) >= 11 is 0. The Morgan fingerprint density at radius 2 is 2.07 bits per heavy atom. The van der Waals surface area contributed by atoms with Crippen LogP contribution in [0.1, 0.15) is 48.9 Å². The Bertz CT molecular complexity index is 772. The van der Waals surface area contributed by atoms with Crippen molar-refractivity contribution in [2.45, 2.75) is 52.1 Å². The standard InChI is InChI=1S/C21H29N3O3/c1-13-8-9-14(2)16(11-13)19-18(20(25)27-4)17(22-21(26)23-19)12-24-10-6-5-7-15(24)3/h8-9,11,15,19H,5-7,10,12H2,1-4H3,(H2,22,23,26). The number of benzene rings is 1. The Morgan fingerprint density at radius 3 is 2.78 bits per heavy atom. The lowest BCUT2D eigenvalue weighted by atomic mass is 9.90. The number of carbonyl (C=O) groups excluding carboxylic acids is 2. The first-order valence-corrected chi connectivity index (χ1v) is 9.60. The summed E-state index contributed by atoms with van der Waals surface area (Å²) in [7, 11) is 1.38. The number of amides is 2. The highest BCUT2D eigenvalue weighted by Gasteiger charge is 2.35. The molecule has 0 radical (unpaired) electrons. The maximum atomic E-state index is 12.7. The summed E-state index contributed by atoms with van der Waals surface area (Å²) in [6, 6.07) is 5.69. The molecule has 1 aromatic carbocycles. The number of likely N-dealkylation sites (tertiary alicyclic amines) is 1. The van der Waals surface area contributed by atoms with Gasteiger partial charge in [0.1, 0.15) is 0 Å². The van der Waals surface area contributed by atoms with Crippen molar-refractivity contribution in [3.05, 3.63) is 46.2 Å². The molecule has 0 aromatic heterocycles. The molecule has 2 atom stereocenters. The molecule has 0 spiro atoms. The summed E-state index contributed by atoms with van der Waals surface area (Å²) < 4.78 is 5.09. The van der Waals surface area contributed by atoms with E-state index in [4.69, 9.17) is 4.74 Å². The molecule has 2 aliphatic rings. The molecule has 146 valence electrons. The fraction of sp³-hybridized carbons (Fsp3) is 0.524. The van der Waals surface area contributed by atoms with Crippen molar-refractivity contribution in [2.75, 3.05) is 20.2 Å². The van der Waals surface area contributed by atoms with E-state index in [2.05, 4.69) is 22.5 Å². The van der Waals surface area contributed by atoms with Crippen molar-refractivity contribution in [3.8, 4) is 0 Å². The van der Waals surface area contributed by atoms with Crippen LogP contribution >= 0.6 is 0 Å². The van der Waals surface area contributed by atoms with E-state index in [0.29, 0.717) is 23.9 Å². The van der Waals surface area contributed by atoms with Gasteiger partial charge < -0.3 is 15.4 Å². The number of urea groups is 1. The van der Waals surface area contributed by atoms with Crippen LogP contribution in [0.2, 0.25) is 0 Å². The van der Waals surface area contributed by atoms with Crippen LogP contribution in [0.3, 0.4) is 0 Å². The molecule has 0 aliphatic carbocycles. The quantitative estimate of drug-likeness (QED) is 0.799. The van der Waals surface area contributed by atoms with Crippen LogP contribution in [-0.4, -0.2) is 43.1 Å². The molecule has 0 saturated carbocycles. The van der Waals surface area contributed by atoms with Gasteiger partial charge in [-0.1, -0.05) is 30.2 Å². The Kier molecular flexibility index (Phi) is 5.85. The number of ether oxygens (including phenoxy) is 1. The van der Waals surface area contributed by atoms with Crippen LogP contribution in [0.4, 0.5) is 4.79 Å². The number of carbonyl (C=O) groups is 2. The smallest absolute Gasteiger partial charge is 0.338 e. The van der Waals surface area contributed by atoms with E-state index in [1.165, 1.54) is 13.5 Å². The highest BCUT2D eigenvalue weighted by atomic mass is 16.5. The van der Waals surface area contributed by atoms with Gasteiger partial charge in [-0.05, 0) is 51.3 Å². The number of nitrogens with one attached hydrogen (secondary N) is 2. The van der Waals surface area contributed by atoms with E-state index in [0.717, 1.165) is 36.1 Å². The lowest BCUT2D eigenvalue weighted by Crippen LogP contribution is -2.50. The van der Waals surface area contributed by atoms with Gasteiger partial charge in [0.15, 0.2) is 0 Å². The van der Waals surface area contributed by atoms with E-state index >= 15 is 0 Å². The van der Waals surface area contributed by atoms with Crippen molar-refractivity contribution in [1.29, 1.82) is 0 Å². The summed E-state index contributed by atoms with van der Waals surface area (Å²) in [6.07, 6.45) is 3.49. The molecule has 2 unspecified atom stereocenters. The van der Waals surface area contributed by atoms with Crippen LogP contribution in [0.15, 0.2) is 29.5 Å². The third-order valence-corrected chi connectivity index (χ3v) is 5.61. The number of aryl methyl sites for hydroxylation is 2. The largest absolute Gasteiger partial charge is 0.466 e. The fourth-order valence-corrected chi connectivity index (χ4v) is 3.99. The monoisotopic (exact) mass is 371 g/mol. The van der Waals surface area contributed by atoms with Crippen LogP contribution in [0.5, 0.6) is 0 Å². The molecule has 6 heteroatoms. The van der Waals surface area contributed by atoms with Gasteiger partial charge >= 0.3 is 12.0 Å². The zero-order valence-electron chi connectivity index (χ0n) is 16.6. The van der Waals surface area contributed by atoms with Gasteiger partial charge in [-0.3, -0.25) is 4.90 Å². The van der Waals surface area contributed by atoms with Crippen LogP contribution in [0, 0.1) is 13.8 Å². The topological polar surface area (TPSA) is 70.7 Å².